The molecule has 6 heteroatoms. The molecule has 0 amide bonds. The van der Waals surface area contributed by atoms with E-state index < -0.39 is 5.09 Å². The lowest BCUT2D eigenvalue weighted by molar-refractivity contribution is -0.742. The zero-order valence-corrected chi connectivity index (χ0v) is 4.98. The van der Waals surface area contributed by atoms with Gasteiger partial charge < -0.3 is 15.1 Å². The van der Waals surface area contributed by atoms with E-state index in [4.69, 9.17) is 20.4 Å². The minimum atomic E-state index is -1.50. The molecule has 0 rings (SSSR count). The molecule has 0 saturated carbocycles. The molecule has 0 unspecified atom stereocenters. The average molecular weight is 139 g/mol. The van der Waals surface area contributed by atoms with E-state index in [1.54, 1.807) is 7.11 Å². The fraction of sp³-hybridized carbons (Fsp3) is 1.00. The monoisotopic (exact) mass is 139 g/mol. The summed E-state index contributed by atoms with van der Waals surface area (Å²) in [6, 6.07) is 0. The Bertz CT molecular complexity index is 59.2. The third kappa shape index (κ3) is 149. The van der Waals surface area contributed by atoms with Crippen LogP contribution in [-0.4, -0.2) is 35.7 Å². The first kappa shape index (κ1) is 11.0. The number of aliphatic hydroxyl groups is 1. The Kier molecular flexibility index (Phi) is 12.4. The van der Waals surface area contributed by atoms with E-state index in [1.807, 2.05) is 0 Å². The standard InChI is InChI=1S/C3H8O2.HNO3/c1-5-3-2-4;2-1(3)4/h4H,2-3H2,1H3;(H,2,3,4). The van der Waals surface area contributed by atoms with Crippen molar-refractivity contribution in [3.63, 3.8) is 0 Å². The summed E-state index contributed by atoms with van der Waals surface area (Å²) in [5, 5.41) is 21.6. The average Bonchev–Trinajstić information content (AvgIpc) is 1.66. The largest absolute Gasteiger partial charge is 0.394 e. The number of rotatable bonds is 2. The molecule has 0 fully saturated rings. The van der Waals surface area contributed by atoms with Crippen molar-refractivity contribution >= 4 is 0 Å². The first-order valence-corrected chi connectivity index (χ1v) is 2.08. The van der Waals surface area contributed by atoms with Gasteiger partial charge in [0.1, 0.15) is 0 Å². The number of hydrogen-bond acceptors (Lipinski definition) is 4. The molecule has 0 aromatic carbocycles. The highest BCUT2D eigenvalue weighted by Crippen LogP contribution is 1.56. The van der Waals surface area contributed by atoms with Gasteiger partial charge >= 0.3 is 0 Å². The first-order valence-electron chi connectivity index (χ1n) is 2.08. The second kappa shape index (κ2) is 10.2. The van der Waals surface area contributed by atoms with Crippen LogP contribution in [-0.2, 0) is 4.74 Å². The van der Waals surface area contributed by atoms with Crippen LogP contribution in [0.5, 0.6) is 0 Å². The predicted molar refractivity (Wildman–Crippen MR) is 27.7 cm³/mol. The number of aliphatic hydroxyl groups excluding tert-OH is 1. The third-order valence-electron chi connectivity index (χ3n) is 0.295. The minimum Gasteiger partial charge on any atom is -0.394 e. The molecule has 0 aliphatic rings. The second-order valence-electron chi connectivity index (χ2n) is 0.954. The van der Waals surface area contributed by atoms with Crippen LogP contribution in [0, 0.1) is 10.1 Å². The molecule has 0 aromatic rings. The number of hydrogen-bond donors (Lipinski definition) is 2. The van der Waals surface area contributed by atoms with Crippen LogP contribution in [0.2, 0.25) is 0 Å². The van der Waals surface area contributed by atoms with Crippen LogP contribution in [0.15, 0.2) is 0 Å². The van der Waals surface area contributed by atoms with Crippen molar-refractivity contribution < 1.29 is 20.1 Å². The number of methoxy groups -OCH3 is 1. The maximum atomic E-state index is 8.36. The summed E-state index contributed by atoms with van der Waals surface area (Å²) < 4.78 is 4.44. The molecular formula is C3H9NO5. The molecule has 0 atom stereocenters. The van der Waals surface area contributed by atoms with Gasteiger partial charge in [-0.15, -0.1) is 10.1 Å². The third-order valence-corrected chi connectivity index (χ3v) is 0.295. The Balaban J connectivity index is 0. The molecule has 0 spiro atoms. The summed E-state index contributed by atoms with van der Waals surface area (Å²) in [4.78, 5) is 8.36. The SMILES string of the molecule is COCCO.O=[N+]([O-])O. The molecule has 0 saturated heterocycles. The number of nitrogens with zero attached hydrogens (tertiary/aromatic N) is 1. The zero-order valence-electron chi connectivity index (χ0n) is 4.98. The van der Waals surface area contributed by atoms with E-state index in [1.165, 1.54) is 0 Å². The van der Waals surface area contributed by atoms with Crippen molar-refractivity contribution in [2.45, 2.75) is 0 Å². The molecule has 0 aliphatic carbocycles. The Morgan fingerprint density at radius 1 is 1.78 bits per heavy atom. The van der Waals surface area contributed by atoms with Gasteiger partial charge in [0.15, 0.2) is 0 Å². The van der Waals surface area contributed by atoms with Crippen molar-refractivity contribution in [1.29, 1.82) is 0 Å². The second-order valence-corrected chi connectivity index (χ2v) is 0.954. The van der Waals surface area contributed by atoms with E-state index in [0.717, 1.165) is 0 Å². The maximum absolute atomic E-state index is 8.36. The highest BCUT2D eigenvalue weighted by Gasteiger charge is 1.67. The van der Waals surface area contributed by atoms with Crippen molar-refractivity contribution in [2.75, 3.05) is 20.3 Å². The molecule has 9 heavy (non-hydrogen) atoms. The first-order chi connectivity index (χ1) is 4.15. The van der Waals surface area contributed by atoms with E-state index >= 15 is 0 Å². The summed E-state index contributed by atoms with van der Waals surface area (Å²) >= 11 is 0. The van der Waals surface area contributed by atoms with Crippen LogP contribution in [0.3, 0.4) is 0 Å². The van der Waals surface area contributed by atoms with Gasteiger partial charge in [-0.05, 0) is 0 Å². The normalized spacial score (nSPS) is 7.33. The van der Waals surface area contributed by atoms with E-state index in [0.29, 0.717) is 6.61 Å². The van der Waals surface area contributed by atoms with Crippen molar-refractivity contribution in [2.24, 2.45) is 0 Å². The van der Waals surface area contributed by atoms with Crippen LogP contribution in [0.4, 0.5) is 0 Å². The Morgan fingerprint density at radius 3 is 2.11 bits per heavy atom. The smallest absolute Gasteiger partial charge is 0.291 e. The van der Waals surface area contributed by atoms with E-state index in [2.05, 4.69) is 4.74 Å². The van der Waals surface area contributed by atoms with Crippen molar-refractivity contribution in [3.8, 4) is 0 Å². The topological polar surface area (TPSA) is 92.8 Å². The van der Waals surface area contributed by atoms with Gasteiger partial charge in [0.2, 0.25) is 0 Å². The van der Waals surface area contributed by atoms with Gasteiger partial charge in [-0.1, -0.05) is 0 Å². The summed E-state index contributed by atoms with van der Waals surface area (Å²) in [6.07, 6.45) is 0. The van der Waals surface area contributed by atoms with Gasteiger partial charge in [0, 0.05) is 7.11 Å². The van der Waals surface area contributed by atoms with Gasteiger partial charge in [-0.25, -0.2) is 0 Å². The molecule has 56 valence electrons. The van der Waals surface area contributed by atoms with Gasteiger partial charge in [-0.3, -0.25) is 0 Å². The fourth-order valence-corrected chi connectivity index (χ4v) is 0.0913. The fourth-order valence-electron chi connectivity index (χ4n) is 0.0913. The van der Waals surface area contributed by atoms with Crippen molar-refractivity contribution in [3.05, 3.63) is 10.1 Å². The summed E-state index contributed by atoms with van der Waals surface area (Å²) in [5.41, 5.74) is 0. The highest BCUT2D eigenvalue weighted by molar-refractivity contribution is 4.12. The van der Waals surface area contributed by atoms with Crippen LogP contribution in [0.1, 0.15) is 0 Å². The Hall–Kier alpha value is -0.880. The molecule has 0 radical (unpaired) electrons. The lowest BCUT2D eigenvalue weighted by Crippen LogP contribution is -1.91. The lowest BCUT2D eigenvalue weighted by atomic mass is 10.8. The molecule has 0 heterocycles. The lowest BCUT2D eigenvalue weighted by Gasteiger charge is -1.84. The van der Waals surface area contributed by atoms with Crippen LogP contribution >= 0.6 is 0 Å². The summed E-state index contributed by atoms with van der Waals surface area (Å²) in [7, 11) is 1.55. The quantitative estimate of drug-likeness (QED) is 0.389. The van der Waals surface area contributed by atoms with Crippen LogP contribution in [0.25, 0.3) is 0 Å². The Morgan fingerprint density at radius 2 is 2.11 bits per heavy atom. The Labute approximate surface area is 51.8 Å². The predicted octanol–water partition coefficient (Wildman–Crippen LogP) is -0.723. The number of ether oxygens (including phenoxy) is 1. The molecule has 0 aliphatic heterocycles. The van der Waals surface area contributed by atoms with Crippen molar-refractivity contribution in [1.82, 2.24) is 0 Å². The van der Waals surface area contributed by atoms with Gasteiger partial charge in [0.25, 0.3) is 5.09 Å². The molecule has 0 aromatic heterocycles. The van der Waals surface area contributed by atoms with Crippen LogP contribution < -0.4 is 0 Å². The molecule has 2 N–H and O–H groups in total. The summed E-state index contributed by atoms with van der Waals surface area (Å²) in [6.45, 7) is 0.566. The minimum absolute atomic E-state index is 0.122. The highest BCUT2D eigenvalue weighted by atomic mass is 16.9. The summed E-state index contributed by atoms with van der Waals surface area (Å²) in [5.74, 6) is 0. The maximum Gasteiger partial charge on any atom is 0.291 e. The van der Waals surface area contributed by atoms with Gasteiger partial charge in [-0.2, -0.15) is 0 Å². The van der Waals surface area contributed by atoms with Gasteiger partial charge in [0.05, 0.1) is 13.2 Å². The molecule has 6 nitrogen and oxygen atoms in total. The molecular weight excluding hydrogens is 130 g/mol. The van der Waals surface area contributed by atoms with E-state index in [9.17, 15) is 0 Å². The van der Waals surface area contributed by atoms with E-state index in [-0.39, 0.29) is 6.61 Å². The molecule has 0 bridgehead atoms. The zero-order chi connectivity index (χ0) is 7.70.